The fourth-order valence-corrected chi connectivity index (χ4v) is 3.23. The molecule has 1 unspecified atom stereocenters. The van der Waals surface area contributed by atoms with Gasteiger partial charge in [0.05, 0.1) is 18.1 Å². The first kappa shape index (κ1) is 18.0. The van der Waals surface area contributed by atoms with Crippen molar-refractivity contribution in [2.24, 2.45) is 0 Å². The second-order valence-electron chi connectivity index (χ2n) is 4.92. The van der Waals surface area contributed by atoms with Crippen molar-refractivity contribution in [3.63, 3.8) is 0 Å². The monoisotopic (exact) mass is 348 g/mol. The van der Waals surface area contributed by atoms with Gasteiger partial charge in [0.1, 0.15) is 0 Å². The molecule has 2 rings (SSSR count). The topological polar surface area (TPSA) is 61.8 Å². The van der Waals surface area contributed by atoms with E-state index in [0.717, 1.165) is 11.8 Å². The van der Waals surface area contributed by atoms with Crippen LogP contribution in [0.5, 0.6) is 11.5 Å². The molecule has 24 heavy (non-hydrogen) atoms. The Bertz CT molecular complexity index is 707. The van der Waals surface area contributed by atoms with Gasteiger partial charge in [0.25, 0.3) is 0 Å². The summed E-state index contributed by atoms with van der Waals surface area (Å²) < 4.78 is 16.7. The van der Waals surface area contributed by atoms with Crippen molar-refractivity contribution in [2.75, 3.05) is 13.2 Å². The maximum Gasteiger partial charge on any atom is 0.303 e. The summed E-state index contributed by atoms with van der Waals surface area (Å²) in [5, 5.41) is 1.80. The van der Waals surface area contributed by atoms with E-state index in [-0.39, 0.29) is 0 Å². The molecule has 0 aliphatic heterocycles. The smallest absolute Gasteiger partial charge is 0.303 e. The molecule has 0 saturated carbocycles. The summed E-state index contributed by atoms with van der Waals surface area (Å²) in [6, 6.07) is 7.10. The summed E-state index contributed by atoms with van der Waals surface area (Å²) in [4.78, 5) is 23.5. The Kier molecular flexibility index (Phi) is 6.37. The maximum atomic E-state index is 11.5. The summed E-state index contributed by atoms with van der Waals surface area (Å²) in [5.74, 6) is 0.793. The van der Waals surface area contributed by atoms with Crippen LogP contribution in [-0.4, -0.2) is 25.5 Å². The lowest BCUT2D eigenvalue weighted by atomic mass is 10.0. The third-order valence-corrected chi connectivity index (χ3v) is 4.22. The highest BCUT2D eigenvalue weighted by Gasteiger charge is 2.23. The molecular weight excluding hydrogens is 328 g/mol. The van der Waals surface area contributed by atoms with E-state index >= 15 is 0 Å². The highest BCUT2D eigenvalue weighted by Crippen LogP contribution is 2.37. The van der Waals surface area contributed by atoms with Crippen LogP contribution in [0.15, 0.2) is 29.6 Å². The van der Waals surface area contributed by atoms with Crippen LogP contribution in [0, 0.1) is 0 Å². The number of hydrogen-bond donors (Lipinski definition) is 0. The van der Waals surface area contributed by atoms with Crippen LogP contribution < -0.4 is 9.47 Å². The number of ether oxygens (including phenoxy) is 3. The first-order valence-corrected chi connectivity index (χ1v) is 8.58. The van der Waals surface area contributed by atoms with Crippen LogP contribution in [0.4, 0.5) is 0 Å². The molecule has 1 heterocycles. The Morgan fingerprint density at radius 1 is 1.17 bits per heavy atom. The fraction of sp³-hybridized carbons (Fsp3) is 0.333. The molecule has 0 saturated heterocycles. The minimum Gasteiger partial charge on any atom is -0.490 e. The van der Waals surface area contributed by atoms with Gasteiger partial charge in [-0.15, -0.1) is 11.3 Å². The van der Waals surface area contributed by atoms with Crippen molar-refractivity contribution in [1.82, 2.24) is 0 Å². The minimum absolute atomic E-state index is 0.419. The van der Waals surface area contributed by atoms with Gasteiger partial charge in [0.2, 0.25) is 0 Å². The summed E-state index contributed by atoms with van der Waals surface area (Å²) in [5.41, 5.74) is 1.24. The Morgan fingerprint density at radius 3 is 2.50 bits per heavy atom. The third kappa shape index (κ3) is 4.14. The molecule has 0 N–H and O–H groups in total. The first-order chi connectivity index (χ1) is 11.6. The van der Waals surface area contributed by atoms with E-state index in [1.807, 2.05) is 19.9 Å². The van der Waals surface area contributed by atoms with Gasteiger partial charge in [0.15, 0.2) is 23.9 Å². The average Bonchev–Trinajstić information content (AvgIpc) is 3.03. The normalized spacial score (nSPS) is 11.6. The van der Waals surface area contributed by atoms with E-state index < -0.39 is 12.1 Å². The van der Waals surface area contributed by atoms with E-state index in [4.69, 9.17) is 14.2 Å². The molecule has 1 aromatic heterocycles. The zero-order valence-electron chi connectivity index (χ0n) is 13.9. The molecule has 6 heteroatoms. The lowest BCUT2D eigenvalue weighted by molar-refractivity contribution is -0.144. The van der Waals surface area contributed by atoms with E-state index in [2.05, 4.69) is 0 Å². The van der Waals surface area contributed by atoms with E-state index in [1.165, 1.54) is 18.3 Å². The molecule has 2 aromatic rings. The van der Waals surface area contributed by atoms with Gasteiger partial charge in [-0.05, 0) is 37.4 Å². The third-order valence-electron chi connectivity index (χ3n) is 3.25. The molecule has 0 radical (unpaired) electrons. The van der Waals surface area contributed by atoms with Gasteiger partial charge in [0, 0.05) is 18.1 Å². The Hall–Kier alpha value is -2.34. The molecule has 0 aliphatic rings. The van der Waals surface area contributed by atoms with Gasteiger partial charge in [-0.1, -0.05) is 6.07 Å². The van der Waals surface area contributed by atoms with Crippen LogP contribution in [0.3, 0.4) is 0 Å². The van der Waals surface area contributed by atoms with Gasteiger partial charge in [-0.25, -0.2) is 0 Å². The van der Waals surface area contributed by atoms with Crippen LogP contribution >= 0.6 is 11.3 Å². The van der Waals surface area contributed by atoms with E-state index in [1.54, 1.807) is 23.6 Å². The SMILES string of the molecule is CCOc1ccc(C(OC(C)=O)c2sccc2C=O)cc1OCC. The lowest BCUT2D eigenvalue weighted by Gasteiger charge is -2.19. The largest absolute Gasteiger partial charge is 0.490 e. The standard InChI is InChI=1S/C18H20O5S/c1-4-21-15-7-6-13(10-16(15)22-5-2)17(23-12(3)20)18-14(11-19)8-9-24-18/h6-11,17H,4-5H2,1-3H3. The first-order valence-electron chi connectivity index (χ1n) is 7.70. The summed E-state index contributed by atoms with van der Waals surface area (Å²) in [6.45, 7) is 6.13. The number of carbonyl (C=O) groups is 2. The quantitative estimate of drug-likeness (QED) is 0.533. The van der Waals surface area contributed by atoms with E-state index in [9.17, 15) is 9.59 Å². The molecule has 0 amide bonds. The number of rotatable bonds is 8. The van der Waals surface area contributed by atoms with Crippen LogP contribution in [-0.2, 0) is 9.53 Å². The van der Waals surface area contributed by atoms with Crippen molar-refractivity contribution in [3.05, 3.63) is 45.6 Å². The van der Waals surface area contributed by atoms with Crippen molar-refractivity contribution in [1.29, 1.82) is 0 Å². The fourth-order valence-electron chi connectivity index (χ4n) is 2.31. The molecule has 0 bridgehead atoms. The van der Waals surface area contributed by atoms with Gasteiger partial charge in [-0.2, -0.15) is 0 Å². The number of hydrogen-bond acceptors (Lipinski definition) is 6. The number of aldehydes is 1. The second kappa shape index (κ2) is 8.49. The molecule has 1 atom stereocenters. The Morgan fingerprint density at radius 2 is 1.88 bits per heavy atom. The zero-order chi connectivity index (χ0) is 17.5. The van der Waals surface area contributed by atoms with Crippen LogP contribution in [0.25, 0.3) is 0 Å². The maximum absolute atomic E-state index is 11.5. The van der Waals surface area contributed by atoms with Crippen molar-refractivity contribution < 1.29 is 23.8 Å². The highest BCUT2D eigenvalue weighted by molar-refractivity contribution is 7.10. The predicted octanol–water partition coefficient (Wildman–Crippen LogP) is 4.01. The molecule has 0 fully saturated rings. The second-order valence-corrected chi connectivity index (χ2v) is 5.87. The number of carbonyl (C=O) groups excluding carboxylic acids is 2. The van der Waals surface area contributed by atoms with Gasteiger partial charge < -0.3 is 14.2 Å². The molecule has 0 spiro atoms. The molecule has 0 aliphatic carbocycles. The lowest BCUT2D eigenvalue weighted by Crippen LogP contribution is -2.11. The number of thiophene rings is 1. The highest BCUT2D eigenvalue weighted by atomic mass is 32.1. The van der Waals surface area contributed by atoms with Crippen molar-refractivity contribution >= 4 is 23.6 Å². The Labute approximate surface area is 145 Å². The molecule has 128 valence electrons. The number of esters is 1. The Balaban J connectivity index is 2.47. The van der Waals surface area contributed by atoms with Gasteiger partial charge in [-0.3, -0.25) is 9.59 Å². The molecule has 1 aromatic carbocycles. The average molecular weight is 348 g/mol. The summed E-state index contributed by atoms with van der Waals surface area (Å²) >= 11 is 1.37. The van der Waals surface area contributed by atoms with Crippen molar-refractivity contribution in [3.8, 4) is 11.5 Å². The van der Waals surface area contributed by atoms with Crippen LogP contribution in [0.2, 0.25) is 0 Å². The molecular formula is C18H20O5S. The minimum atomic E-state index is -0.655. The van der Waals surface area contributed by atoms with Crippen LogP contribution in [0.1, 0.15) is 47.7 Å². The number of benzene rings is 1. The zero-order valence-corrected chi connectivity index (χ0v) is 14.7. The summed E-state index contributed by atoms with van der Waals surface area (Å²) in [6.07, 6.45) is 0.109. The van der Waals surface area contributed by atoms with E-state index in [0.29, 0.717) is 35.2 Å². The summed E-state index contributed by atoms with van der Waals surface area (Å²) in [7, 11) is 0. The van der Waals surface area contributed by atoms with Crippen molar-refractivity contribution in [2.45, 2.75) is 26.9 Å². The predicted molar refractivity (Wildman–Crippen MR) is 92.1 cm³/mol. The van der Waals surface area contributed by atoms with Gasteiger partial charge >= 0.3 is 5.97 Å². The molecule has 5 nitrogen and oxygen atoms in total.